The van der Waals surface area contributed by atoms with E-state index < -0.39 is 10.1 Å². The third-order valence-electron chi connectivity index (χ3n) is 0.754. The number of hydrogen-bond donors (Lipinski definition) is 0. The summed E-state index contributed by atoms with van der Waals surface area (Å²) in [6.45, 7) is 3.74. The van der Waals surface area contributed by atoms with Crippen molar-refractivity contribution in [2.45, 2.75) is 20.3 Å². The maximum atomic E-state index is 10.7. The first-order valence-corrected chi connectivity index (χ1v) is 4.61. The van der Waals surface area contributed by atoms with E-state index in [1.165, 1.54) is 6.08 Å². The zero-order chi connectivity index (χ0) is 8.04. The summed E-state index contributed by atoms with van der Waals surface area (Å²) in [5, 5.41) is 1.04. The number of hydrogen-bond acceptors (Lipinski definition) is 3. The Morgan fingerprint density at radius 2 is 2.10 bits per heavy atom. The molecule has 0 saturated heterocycles. The Balaban J connectivity index is 3.89. The fourth-order valence-corrected chi connectivity index (χ4v) is 1.22. The van der Waals surface area contributed by atoms with Gasteiger partial charge in [-0.05, 0) is 13.3 Å². The molecule has 0 heterocycles. The fraction of sp³-hybridized carbons (Fsp3) is 0.667. The van der Waals surface area contributed by atoms with E-state index in [0.717, 1.165) is 5.41 Å². The van der Waals surface area contributed by atoms with E-state index in [2.05, 4.69) is 4.18 Å². The van der Waals surface area contributed by atoms with Crippen LogP contribution in [0.5, 0.6) is 0 Å². The standard InChI is InChI=1S/C6H12O3S/c1-3-5-9-10(7,8)6-4-2/h4,6H,3,5H2,1-2H3. The molecule has 0 atom stereocenters. The summed E-state index contributed by atoms with van der Waals surface area (Å²) in [6.07, 6.45) is 2.14. The van der Waals surface area contributed by atoms with Crippen LogP contribution >= 0.6 is 0 Å². The van der Waals surface area contributed by atoms with Crippen LogP contribution in [0.2, 0.25) is 0 Å². The van der Waals surface area contributed by atoms with Crippen LogP contribution in [0.25, 0.3) is 0 Å². The molecule has 0 aliphatic rings. The van der Waals surface area contributed by atoms with Gasteiger partial charge in [-0.3, -0.25) is 4.18 Å². The molecule has 0 amide bonds. The summed E-state index contributed by atoms with van der Waals surface area (Å²) in [5.41, 5.74) is 0. The highest BCUT2D eigenvalue weighted by atomic mass is 32.2. The molecule has 0 spiro atoms. The van der Waals surface area contributed by atoms with Gasteiger partial charge in [0.2, 0.25) is 0 Å². The van der Waals surface area contributed by atoms with E-state index >= 15 is 0 Å². The second-order valence-electron chi connectivity index (χ2n) is 1.78. The van der Waals surface area contributed by atoms with Gasteiger partial charge in [-0.1, -0.05) is 13.0 Å². The van der Waals surface area contributed by atoms with Crippen LogP contribution in [0, 0.1) is 0 Å². The molecule has 0 radical (unpaired) electrons. The molecule has 3 nitrogen and oxygen atoms in total. The minimum Gasteiger partial charge on any atom is -0.267 e. The van der Waals surface area contributed by atoms with Crippen LogP contribution in [0.3, 0.4) is 0 Å². The Hall–Kier alpha value is -0.350. The maximum absolute atomic E-state index is 10.7. The fourth-order valence-electron chi connectivity index (χ4n) is 0.405. The first-order valence-electron chi connectivity index (χ1n) is 3.14. The van der Waals surface area contributed by atoms with Gasteiger partial charge in [-0.2, -0.15) is 8.42 Å². The van der Waals surface area contributed by atoms with Gasteiger partial charge in [-0.25, -0.2) is 0 Å². The summed E-state index contributed by atoms with van der Waals surface area (Å²) in [7, 11) is -3.37. The zero-order valence-electron chi connectivity index (χ0n) is 6.20. The lowest BCUT2D eigenvalue weighted by molar-refractivity contribution is 0.324. The lowest BCUT2D eigenvalue weighted by Gasteiger charge is -1.96. The van der Waals surface area contributed by atoms with Gasteiger partial charge in [-0.15, -0.1) is 0 Å². The largest absolute Gasteiger partial charge is 0.289 e. The van der Waals surface area contributed by atoms with Crippen molar-refractivity contribution in [2.75, 3.05) is 6.61 Å². The predicted octanol–water partition coefficient (Wildman–Crippen LogP) is 1.28. The molecule has 0 fully saturated rings. The third kappa shape index (κ3) is 4.52. The van der Waals surface area contributed by atoms with Crippen LogP contribution in [-0.2, 0) is 14.3 Å². The predicted molar refractivity (Wildman–Crippen MR) is 40.0 cm³/mol. The van der Waals surface area contributed by atoms with Gasteiger partial charge in [0.1, 0.15) is 0 Å². The summed E-state index contributed by atoms with van der Waals surface area (Å²) in [6, 6.07) is 0. The monoisotopic (exact) mass is 164 g/mol. The van der Waals surface area contributed by atoms with Crippen molar-refractivity contribution in [3.05, 3.63) is 11.5 Å². The highest BCUT2D eigenvalue weighted by molar-refractivity contribution is 7.89. The Kier molecular flexibility index (Phi) is 4.31. The van der Waals surface area contributed by atoms with E-state index in [9.17, 15) is 8.42 Å². The number of rotatable bonds is 4. The SMILES string of the molecule is CC=CS(=O)(=O)OCCC. The topological polar surface area (TPSA) is 43.4 Å². The molecule has 10 heavy (non-hydrogen) atoms. The van der Waals surface area contributed by atoms with Crippen LogP contribution in [0.1, 0.15) is 20.3 Å². The molecule has 60 valence electrons. The average molecular weight is 164 g/mol. The van der Waals surface area contributed by atoms with Crippen molar-refractivity contribution in [3.63, 3.8) is 0 Å². The molecular weight excluding hydrogens is 152 g/mol. The van der Waals surface area contributed by atoms with Crippen molar-refractivity contribution < 1.29 is 12.6 Å². The molecule has 0 aliphatic heterocycles. The lowest BCUT2D eigenvalue weighted by Crippen LogP contribution is -2.01. The average Bonchev–Trinajstić information content (AvgIpc) is 1.84. The molecule has 0 aromatic carbocycles. The van der Waals surface area contributed by atoms with E-state index in [1.54, 1.807) is 6.92 Å². The molecule has 0 saturated carbocycles. The lowest BCUT2D eigenvalue weighted by atomic mass is 10.5. The molecule has 0 N–H and O–H groups in total. The first kappa shape index (κ1) is 9.65. The highest BCUT2D eigenvalue weighted by Gasteiger charge is 2.02. The van der Waals surface area contributed by atoms with Gasteiger partial charge in [0.25, 0.3) is 10.1 Å². The van der Waals surface area contributed by atoms with Crippen molar-refractivity contribution in [1.82, 2.24) is 0 Å². The molecule has 0 aromatic rings. The van der Waals surface area contributed by atoms with Gasteiger partial charge in [0, 0.05) is 0 Å². The molecule has 0 aliphatic carbocycles. The summed E-state index contributed by atoms with van der Waals surface area (Å²) in [4.78, 5) is 0. The van der Waals surface area contributed by atoms with Crippen molar-refractivity contribution in [3.8, 4) is 0 Å². The summed E-state index contributed by atoms with van der Waals surface area (Å²) in [5.74, 6) is 0. The molecule has 4 heteroatoms. The zero-order valence-corrected chi connectivity index (χ0v) is 7.02. The third-order valence-corrected chi connectivity index (χ3v) is 1.86. The first-order chi connectivity index (χ1) is 4.62. The Morgan fingerprint density at radius 1 is 1.50 bits per heavy atom. The minimum absolute atomic E-state index is 0.257. The van der Waals surface area contributed by atoms with Crippen molar-refractivity contribution in [1.29, 1.82) is 0 Å². The Labute approximate surface area is 61.8 Å². The van der Waals surface area contributed by atoms with Gasteiger partial charge in [0.15, 0.2) is 0 Å². The minimum atomic E-state index is -3.37. The normalized spacial score (nSPS) is 12.6. The molecule has 0 bridgehead atoms. The Bertz CT molecular complexity index is 191. The second-order valence-corrected chi connectivity index (χ2v) is 3.28. The quantitative estimate of drug-likeness (QED) is 0.588. The van der Waals surface area contributed by atoms with Gasteiger partial charge < -0.3 is 0 Å². The maximum Gasteiger partial charge on any atom is 0.289 e. The van der Waals surface area contributed by atoms with Crippen LogP contribution in [0.4, 0.5) is 0 Å². The van der Waals surface area contributed by atoms with Gasteiger partial charge in [0.05, 0.1) is 12.0 Å². The van der Waals surface area contributed by atoms with Crippen LogP contribution in [-0.4, -0.2) is 15.0 Å². The van der Waals surface area contributed by atoms with E-state index in [4.69, 9.17) is 0 Å². The van der Waals surface area contributed by atoms with E-state index in [-0.39, 0.29) is 6.61 Å². The molecular formula is C6H12O3S. The summed E-state index contributed by atoms with van der Waals surface area (Å²) < 4.78 is 25.9. The highest BCUT2D eigenvalue weighted by Crippen LogP contribution is 1.95. The smallest absolute Gasteiger partial charge is 0.267 e. The molecule has 0 rings (SSSR count). The second kappa shape index (κ2) is 4.46. The van der Waals surface area contributed by atoms with Crippen molar-refractivity contribution in [2.24, 2.45) is 0 Å². The van der Waals surface area contributed by atoms with E-state index in [1.807, 2.05) is 6.92 Å². The van der Waals surface area contributed by atoms with Crippen LogP contribution < -0.4 is 0 Å². The van der Waals surface area contributed by atoms with E-state index in [0.29, 0.717) is 6.42 Å². The van der Waals surface area contributed by atoms with Crippen molar-refractivity contribution >= 4 is 10.1 Å². The number of allylic oxidation sites excluding steroid dienone is 1. The molecule has 0 aromatic heterocycles. The van der Waals surface area contributed by atoms with Crippen LogP contribution in [0.15, 0.2) is 11.5 Å². The van der Waals surface area contributed by atoms with Gasteiger partial charge >= 0.3 is 0 Å². The Morgan fingerprint density at radius 3 is 2.50 bits per heavy atom. The summed E-state index contributed by atoms with van der Waals surface area (Å²) >= 11 is 0. The molecule has 0 unspecified atom stereocenters.